The van der Waals surface area contributed by atoms with E-state index in [1.807, 2.05) is 0 Å². The first-order chi connectivity index (χ1) is 5.75. The van der Waals surface area contributed by atoms with Gasteiger partial charge in [-0.2, -0.15) is 0 Å². The summed E-state index contributed by atoms with van der Waals surface area (Å²) in [7, 11) is 0. The second kappa shape index (κ2) is 2.94. The molecule has 4 heteroatoms. The summed E-state index contributed by atoms with van der Waals surface area (Å²) in [6, 6.07) is 0. The van der Waals surface area contributed by atoms with Gasteiger partial charge in [-0.3, -0.25) is 0 Å². The molecular formula is C9H17N3S. The zero-order valence-corrected chi connectivity index (χ0v) is 9.70. The maximum atomic E-state index is 5.56. The van der Waals surface area contributed by atoms with E-state index in [0.29, 0.717) is 5.13 Å². The van der Waals surface area contributed by atoms with Crippen LogP contribution in [0.3, 0.4) is 0 Å². The predicted octanol–water partition coefficient (Wildman–Crippen LogP) is 2.44. The summed E-state index contributed by atoms with van der Waals surface area (Å²) in [6.45, 7) is 10.9. The molecule has 13 heavy (non-hydrogen) atoms. The van der Waals surface area contributed by atoms with Crippen LogP contribution in [0.25, 0.3) is 0 Å². The molecule has 2 N–H and O–H groups in total. The zero-order chi connectivity index (χ0) is 10.3. The highest BCUT2D eigenvalue weighted by molar-refractivity contribution is 7.15. The van der Waals surface area contributed by atoms with E-state index in [4.69, 9.17) is 5.73 Å². The van der Waals surface area contributed by atoms with Crippen molar-refractivity contribution in [3.8, 4) is 0 Å². The molecule has 1 aromatic rings. The molecule has 0 spiro atoms. The van der Waals surface area contributed by atoms with E-state index < -0.39 is 0 Å². The van der Waals surface area contributed by atoms with E-state index in [2.05, 4.69) is 44.8 Å². The molecule has 0 aromatic carbocycles. The van der Waals surface area contributed by atoms with Gasteiger partial charge in [-0.1, -0.05) is 46.0 Å². The summed E-state index contributed by atoms with van der Waals surface area (Å²) >= 11 is 1.48. The Morgan fingerprint density at radius 1 is 1.08 bits per heavy atom. The third-order valence-corrected chi connectivity index (χ3v) is 3.93. The summed E-state index contributed by atoms with van der Waals surface area (Å²) in [5, 5.41) is 9.50. The summed E-state index contributed by atoms with van der Waals surface area (Å²) < 4.78 is 0. The highest BCUT2D eigenvalue weighted by Crippen LogP contribution is 2.42. The van der Waals surface area contributed by atoms with Gasteiger partial charge in [0.15, 0.2) is 0 Å². The van der Waals surface area contributed by atoms with Gasteiger partial charge in [0.25, 0.3) is 0 Å². The summed E-state index contributed by atoms with van der Waals surface area (Å²) in [5.41, 5.74) is 5.75. The van der Waals surface area contributed by atoms with Crippen LogP contribution in [-0.4, -0.2) is 10.2 Å². The SMILES string of the molecule is CC(C)(C)C(C)(C)c1nnc(N)s1. The van der Waals surface area contributed by atoms with Crippen molar-refractivity contribution < 1.29 is 0 Å². The van der Waals surface area contributed by atoms with Crippen LogP contribution in [0, 0.1) is 5.41 Å². The van der Waals surface area contributed by atoms with Crippen molar-refractivity contribution in [2.75, 3.05) is 5.73 Å². The van der Waals surface area contributed by atoms with Gasteiger partial charge in [0, 0.05) is 5.41 Å². The topological polar surface area (TPSA) is 51.8 Å². The molecule has 0 unspecified atom stereocenters. The fraction of sp³-hybridized carbons (Fsp3) is 0.778. The Labute approximate surface area is 83.4 Å². The third-order valence-electron chi connectivity index (χ3n) is 2.85. The fourth-order valence-electron chi connectivity index (χ4n) is 0.808. The van der Waals surface area contributed by atoms with Crippen LogP contribution in [0.2, 0.25) is 0 Å². The minimum Gasteiger partial charge on any atom is -0.374 e. The maximum Gasteiger partial charge on any atom is 0.203 e. The van der Waals surface area contributed by atoms with Crippen molar-refractivity contribution >= 4 is 16.5 Å². The van der Waals surface area contributed by atoms with E-state index in [0.717, 1.165) is 5.01 Å². The van der Waals surface area contributed by atoms with Crippen molar-refractivity contribution in [1.29, 1.82) is 0 Å². The lowest BCUT2D eigenvalue weighted by Gasteiger charge is -2.36. The second-order valence-corrected chi connectivity index (χ2v) is 5.83. The van der Waals surface area contributed by atoms with E-state index in [-0.39, 0.29) is 10.8 Å². The Morgan fingerprint density at radius 2 is 1.62 bits per heavy atom. The van der Waals surface area contributed by atoms with Gasteiger partial charge < -0.3 is 5.73 Å². The molecule has 0 radical (unpaired) electrons. The molecule has 74 valence electrons. The van der Waals surface area contributed by atoms with Gasteiger partial charge in [0.1, 0.15) is 5.01 Å². The van der Waals surface area contributed by atoms with Crippen LogP contribution in [-0.2, 0) is 5.41 Å². The third kappa shape index (κ3) is 1.82. The van der Waals surface area contributed by atoms with Gasteiger partial charge in [-0.05, 0) is 5.41 Å². The number of nitrogens with zero attached hydrogens (tertiary/aromatic N) is 2. The summed E-state index contributed by atoms with van der Waals surface area (Å²) in [5.74, 6) is 0. The van der Waals surface area contributed by atoms with Crippen molar-refractivity contribution in [2.45, 2.75) is 40.0 Å². The van der Waals surface area contributed by atoms with Gasteiger partial charge in [-0.15, -0.1) is 10.2 Å². The lowest BCUT2D eigenvalue weighted by Crippen LogP contribution is -2.33. The molecule has 0 saturated heterocycles. The van der Waals surface area contributed by atoms with Crippen LogP contribution in [0.1, 0.15) is 39.6 Å². The standard InChI is InChI=1S/C9H17N3S/c1-8(2,3)9(4,5)6-11-12-7(10)13-6/h1-5H3,(H2,10,12). The lowest BCUT2D eigenvalue weighted by molar-refractivity contribution is 0.224. The summed E-state index contributed by atoms with van der Waals surface area (Å²) in [4.78, 5) is 0. The average Bonchev–Trinajstić information content (AvgIpc) is 2.33. The quantitative estimate of drug-likeness (QED) is 0.755. The largest absolute Gasteiger partial charge is 0.374 e. The Kier molecular flexibility index (Phi) is 2.36. The molecule has 0 aliphatic rings. The fourth-order valence-corrected chi connectivity index (χ4v) is 1.73. The van der Waals surface area contributed by atoms with E-state index in [9.17, 15) is 0 Å². The maximum absolute atomic E-state index is 5.56. The van der Waals surface area contributed by atoms with Gasteiger partial charge in [0.2, 0.25) is 5.13 Å². The molecule has 0 atom stereocenters. The first-order valence-electron chi connectivity index (χ1n) is 4.34. The van der Waals surface area contributed by atoms with E-state index in [1.165, 1.54) is 11.3 Å². The van der Waals surface area contributed by atoms with Crippen molar-refractivity contribution in [3.63, 3.8) is 0 Å². The highest BCUT2D eigenvalue weighted by atomic mass is 32.1. The molecule has 0 saturated carbocycles. The van der Waals surface area contributed by atoms with Crippen LogP contribution in [0.15, 0.2) is 0 Å². The number of anilines is 1. The Balaban J connectivity index is 3.07. The lowest BCUT2D eigenvalue weighted by atomic mass is 9.70. The molecule has 1 aromatic heterocycles. The number of aromatic nitrogens is 2. The van der Waals surface area contributed by atoms with Gasteiger partial charge >= 0.3 is 0 Å². The van der Waals surface area contributed by atoms with E-state index in [1.54, 1.807) is 0 Å². The van der Waals surface area contributed by atoms with Crippen LogP contribution in [0.4, 0.5) is 5.13 Å². The first kappa shape index (κ1) is 10.4. The second-order valence-electron chi connectivity index (χ2n) is 4.82. The molecule has 0 amide bonds. The number of nitrogen functional groups attached to an aromatic ring is 1. The Morgan fingerprint density at radius 3 is 1.92 bits per heavy atom. The van der Waals surface area contributed by atoms with E-state index >= 15 is 0 Å². The van der Waals surface area contributed by atoms with Crippen molar-refractivity contribution in [1.82, 2.24) is 10.2 Å². The monoisotopic (exact) mass is 199 g/mol. The molecule has 1 rings (SSSR count). The molecule has 0 aliphatic carbocycles. The molecule has 0 aliphatic heterocycles. The highest BCUT2D eigenvalue weighted by Gasteiger charge is 2.37. The Hall–Kier alpha value is -0.640. The number of hydrogen-bond donors (Lipinski definition) is 1. The number of hydrogen-bond acceptors (Lipinski definition) is 4. The molecule has 0 bridgehead atoms. The zero-order valence-electron chi connectivity index (χ0n) is 8.88. The molecule has 1 heterocycles. The summed E-state index contributed by atoms with van der Waals surface area (Å²) in [6.07, 6.45) is 0. The Bertz CT molecular complexity index is 296. The molecule has 0 fully saturated rings. The normalized spacial score (nSPS) is 13.3. The minimum absolute atomic E-state index is 0.0162. The smallest absolute Gasteiger partial charge is 0.203 e. The predicted molar refractivity (Wildman–Crippen MR) is 56.8 cm³/mol. The van der Waals surface area contributed by atoms with Crippen LogP contribution >= 0.6 is 11.3 Å². The first-order valence-corrected chi connectivity index (χ1v) is 5.16. The minimum atomic E-state index is 0.0162. The van der Waals surface area contributed by atoms with Crippen molar-refractivity contribution in [2.24, 2.45) is 5.41 Å². The molecule has 3 nitrogen and oxygen atoms in total. The number of rotatable bonds is 1. The van der Waals surface area contributed by atoms with Gasteiger partial charge in [0.05, 0.1) is 0 Å². The van der Waals surface area contributed by atoms with Crippen LogP contribution < -0.4 is 5.73 Å². The number of nitrogens with two attached hydrogens (primary N) is 1. The van der Waals surface area contributed by atoms with Crippen molar-refractivity contribution in [3.05, 3.63) is 5.01 Å². The molecular weight excluding hydrogens is 182 g/mol. The average molecular weight is 199 g/mol. The van der Waals surface area contributed by atoms with Gasteiger partial charge in [-0.25, -0.2) is 0 Å². The van der Waals surface area contributed by atoms with Crippen LogP contribution in [0.5, 0.6) is 0 Å².